The number of alkyl halides is 3. The molecule has 0 aliphatic carbocycles. The minimum absolute atomic E-state index is 0.0111. The molecule has 1 aromatic heterocycles. The number of carboxylic acids is 1. The monoisotopic (exact) mass is 613 g/mol. The molecule has 5 rings (SSSR count). The Labute approximate surface area is 246 Å². The summed E-state index contributed by atoms with van der Waals surface area (Å²) in [4.78, 5) is 31.1. The van der Waals surface area contributed by atoms with Crippen molar-refractivity contribution >= 4 is 29.4 Å². The molecule has 230 valence electrons. The average Bonchev–Trinajstić information content (AvgIpc) is 3.59. The second kappa shape index (κ2) is 13.0. The number of nitrogens with zero attached hydrogens (tertiary/aromatic N) is 6. The second-order valence-corrected chi connectivity index (χ2v) is 11.3. The number of aliphatic carboxylic acids is 1. The number of halogens is 4. The molecule has 0 saturated carbocycles. The predicted molar refractivity (Wildman–Crippen MR) is 149 cm³/mol. The highest BCUT2D eigenvalue weighted by atomic mass is 35.5. The number of carbonyl (C=O) groups excluding carboxylic acids is 1. The Balaban J connectivity index is 0.000000517. The smallest absolute Gasteiger partial charge is 0.475 e. The molecular formula is C27H35ClF3N7O4. The Morgan fingerprint density at radius 3 is 2.57 bits per heavy atom. The molecule has 2 fully saturated rings. The molecule has 0 radical (unpaired) electrons. The van der Waals surface area contributed by atoms with Gasteiger partial charge in [-0.25, -0.2) is 9.79 Å². The van der Waals surface area contributed by atoms with Crippen LogP contribution in [0.2, 0.25) is 5.02 Å². The summed E-state index contributed by atoms with van der Waals surface area (Å²) in [5, 5.41) is 16.3. The number of benzene rings is 1. The zero-order valence-corrected chi connectivity index (χ0v) is 24.2. The molecule has 3 aliphatic rings. The largest absolute Gasteiger partial charge is 0.490 e. The number of guanidine groups is 1. The van der Waals surface area contributed by atoms with Gasteiger partial charge in [-0.3, -0.25) is 14.4 Å². The lowest BCUT2D eigenvalue weighted by Crippen LogP contribution is -2.56. The summed E-state index contributed by atoms with van der Waals surface area (Å²) in [5.74, 6) is -2.54. The number of aliphatic imine (C=N–C) groups is 1. The Morgan fingerprint density at radius 2 is 1.95 bits per heavy atom. The van der Waals surface area contributed by atoms with Crippen LogP contribution < -0.4 is 5.73 Å². The van der Waals surface area contributed by atoms with Crippen LogP contribution >= 0.6 is 11.6 Å². The summed E-state index contributed by atoms with van der Waals surface area (Å²) in [6.45, 7) is 8.62. The van der Waals surface area contributed by atoms with Gasteiger partial charge in [-0.05, 0) is 58.2 Å². The number of hydrogen-bond acceptors (Lipinski definition) is 8. The fourth-order valence-corrected chi connectivity index (χ4v) is 5.96. The first-order valence-corrected chi connectivity index (χ1v) is 14.2. The Kier molecular flexibility index (Phi) is 9.78. The molecule has 11 nitrogen and oxygen atoms in total. The molecule has 42 heavy (non-hydrogen) atoms. The van der Waals surface area contributed by atoms with Gasteiger partial charge in [0.2, 0.25) is 5.91 Å². The van der Waals surface area contributed by atoms with Crippen LogP contribution in [0.3, 0.4) is 0 Å². The van der Waals surface area contributed by atoms with E-state index < -0.39 is 17.7 Å². The molecule has 0 unspecified atom stereocenters. The van der Waals surface area contributed by atoms with Crippen LogP contribution in [0.1, 0.15) is 51.5 Å². The van der Waals surface area contributed by atoms with Crippen molar-refractivity contribution < 1.29 is 32.6 Å². The third kappa shape index (κ3) is 7.39. The van der Waals surface area contributed by atoms with Crippen molar-refractivity contribution in [3.05, 3.63) is 35.0 Å². The van der Waals surface area contributed by atoms with Gasteiger partial charge in [0.05, 0.1) is 35.8 Å². The number of amides is 1. The lowest BCUT2D eigenvalue weighted by Gasteiger charge is -2.41. The summed E-state index contributed by atoms with van der Waals surface area (Å²) in [7, 11) is 0. The number of ether oxygens (including phenoxy) is 1. The number of carboxylic acid groups (broad SMARTS) is 1. The van der Waals surface area contributed by atoms with Crippen molar-refractivity contribution in [2.45, 2.75) is 76.4 Å². The maximum atomic E-state index is 13.3. The summed E-state index contributed by atoms with van der Waals surface area (Å²) >= 11 is 6.92. The van der Waals surface area contributed by atoms with Crippen LogP contribution in [0.15, 0.2) is 29.4 Å². The zero-order valence-electron chi connectivity index (χ0n) is 23.5. The van der Waals surface area contributed by atoms with Crippen LogP contribution in [0.25, 0.3) is 11.3 Å². The first kappa shape index (κ1) is 31.7. The Morgan fingerprint density at radius 1 is 1.26 bits per heavy atom. The van der Waals surface area contributed by atoms with E-state index in [1.807, 2.05) is 42.9 Å². The van der Waals surface area contributed by atoms with E-state index in [1.54, 1.807) is 4.90 Å². The lowest BCUT2D eigenvalue weighted by molar-refractivity contribution is -0.192. The van der Waals surface area contributed by atoms with Crippen LogP contribution in [-0.4, -0.2) is 92.3 Å². The lowest BCUT2D eigenvalue weighted by atomic mass is 9.85. The minimum Gasteiger partial charge on any atom is -0.475 e. The number of aromatic nitrogens is 3. The fourth-order valence-electron chi connectivity index (χ4n) is 5.54. The normalized spacial score (nSPS) is 25.1. The second-order valence-electron chi connectivity index (χ2n) is 10.9. The highest BCUT2D eigenvalue weighted by Crippen LogP contribution is 2.41. The molecule has 1 amide bonds. The number of rotatable bonds is 6. The first-order chi connectivity index (χ1) is 19.8. The average molecular weight is 614 g/mol. The van der Waals surface area contributed by atoms with E-state index >= 15 is 0 Å². The van der Waals surface area contributed by atoms with Crippen molar-refractivity contribution in [1.29, 1.82) is 0 Å². The first-order valence-electron chi connectivity index (χ1n) is 13.8. The summed E-state index contributed by atoms with van der Waals surface area (Å²) in [6.07, 6.45) is 1.19. The van der Waals surface area contributed by atoms with Crippen LogP contribution in [-0.2, 0) is 26.4 Å². The van der Waals surface area contributed by atoms with Crippen molar-refractivity contribution in [3.63, 3.8) is 0 Å². The molecule has 2 aromatic rings. The van der Waals surface area contributed by atoms with E-state index in [-0.39, 0.29) is 30.4 Å². The standard InChI is InChI=1S/C25H34ClN7O2.C2HF3O2/c1-17-14-18(8-13-35-17)33-22(34)15-25(2,28-24(33)27)20-7-5-6-19(23(20)26)21-16-32(30-29-21)12-11-31-9-3-4-10-31;3-2(4,5)1(6)7/h5-7,16-18H,3-4,8-15H2,1-2H3,(H2,27,28);(H,6,7)/t17-,18-,25-;/m0./s1. The van der Waals surface area contributed by atoms with Gasteiger partial charge in [-0.2, -0.15) is 13.2 Å². The van der Waals surface area contributed by atoms with Crippen molar-refractivity contribution in [3.8, 4) is 11.3 Å². The molecule has 2 saturated heterocycles. The van der Waals surface area contributed by atoms with E-state index in [0.717, 1.165) is 50.1 Å². The Hall–Kier alpha value is -3.23. The number of carbonyl (C=O) groups is 2. The molecule has 3 atom stereocenters. The van der Waals surface area contributed by atoms with E-state index in [1.165, 1.54) is 12.8 Å². The van der Waals surface area contributed by atoms with Gasteiger partial charge in [0.25, 0.3) is 0 Å². The van der Waals surface area contributed by atoms with Gasteiger partial charge >= 0.3 is 12.1 Å². The van der Waals surface area contributed by atoms with E-state index in [2.05, 4.69) is 15.2 Å². The summed E-state index contributed by atoms with van der Waals surface area (Å²) in [6, 6.07) is 5.78. The molecule has 0 spiro atoms. The molecule has 0 bridgehead atoms. The highest BCUT2D eigenvalue weighted by molar-refractivity contribution is 6.34. The van der Waals surface area contributed by atoms with Crippen LogP contribution in [0.5, 0.6) is 0 Å². The Bertz CT molecular complexity index is 1310. The molecule has 3 aliphatic heterocycles. The van der Waals surface area contributed by atoms with E-state index in [9.17, 15) is 18.0 Å². The van der Waals surface area contributed by atoms with Crippen molar-refractivity contribution in [2.24, 2.45) is 10.7 Å². The molecule has 1 aromatic carbocycles. The van der Waals surface area contributed by atoms with Crippen LogP contribution in [0, 0.1) is 0 Å². The van der Waals surface area contributed by atoms with Crippen molar-refractivity contribution in [1.82, 2.24) is 24.8 Å². The van der Waals surface area contributed by atoms with E-state index in [4.69, 9.17) is 37.0 Å². The van der Waals surface area contributed by atoms with Crippen LogP contribution in [0.4, 0.5) is 13.2 Å². The molecule has 4 heterocycles. The van der Waals surface area contributed by atoms with E-state index in [0.29, 0.717) is 17.3 Å². The molecular weight excluding hydrogens is 579 g/mol. The van der Waals surface area contributed by atoms with Gasteiger partial charge in [-0.1, -0.05) is 35.0 Å². The maximum absolute atomic E-state index is 13.3. The zero-order chi connectivity index (χ0) is 30.7. The van der Waals surface area contributed by atoms with Gasteiger partial charge in [-0.15, -0.1) is 5.10 Å². The summed E-state index contributed by atoms with van der Waals surface area (Å²) < 4.78 is 39.2. The maximum Gasteiger partial charge on any atom is 0.490 e. The van der Waals surface area contributed by atoms with Gasteiger partial charge in [0, 0.05) is 24.8 Å². The third-order valence-electron chi connectivity index (χ3n) is 7.67. The SMILES string of the molecule is C[C@H]1C[C@@H](N2C(=O)C[C@@](C)(c3cccc(-c4cn(CCN5CCCC5)nn4)c3Cl)N=C2N)CCO1.O=C(O)C(F)(F)F. The predicted octanol–water partition coefficient (Wildman–Crippen LogP) is 3.66. The molecule has 15 heteroatoms. The minimum atomic E-state index is -5.08. The number of likely N-dealkylation sites (tertiary alicyclic amines) is 1. The van der Waals surface area contributed by atoms with Gasteiger partial charge in [0.1, 0.15) is 5.69 Å². The highest BCUT2D eigenvalue weighted by Gasteiger charge is 2.42. The fraction of sp³-hybridized carbons (Fsp3) is 0.593. The topological polar surface area (TPSA) is 139 Å². The third-order valence-corrected chi connectivity index (χ3v) is 8.08. The quantitative estimate of drug-likeness (QED) is 0.503. The van der Waals surface area contributed by atoms with Gasteiger partial charge in [0.15, 0.2) is 5.96 Å². The number of nitrogens with two attached hydrogens (primary N) is 1. The number of hydrogen-bond donors (Lipinski definition) is 2. The van der Waals surface area contributed by atoms with Crippen molar-refractivity contribution in [2.75, 3.05) is 26.2 Å². The van der Waals surface area contributed by atoms with Gasteiger partial charge < -0.3 is 20.5 Å². The summed E-state index contributed by atoms with van der Waals surface area (Å²) in [5.41, 5.74) is 7.78. The molecule has 3 N–H and O–H groups in total.